The average molecular weight is 265 g/mol. The van der Waals surface area contributed by atoms with Gasteiger partial charge in [0, 0.05) is 20.0 Å². The number of benzene rings is 1. The number of phenols is 2. The Morgan fingerprint density at radius 1 is 1.42 bits per heavy atom. The van der Waals surface area contributed by atoms with Gasteiger partial charge in [-0.05, 0) is 37.1 Å². The maximum absolute atomic E-state index is 11.0. The van der Waals surface area contributed by atoms with Crippen LogP contribution in [0.15, 0.2) is 18.2 Å². The third kappa shape index (κ3) is 3.86. The molecule has 19 heavy (non-hydrogen) atoms. The highest BCUT2D eigenvalue weighted by Gasteiger charge is 2.22. The van der Waals surface area contributed by atoms with Crippen LogP contribution in [0, 0.1) is 0 Å². The Morgan fingerprint density at radius 3 is 2.89 bits per heavy atom. The van der Waals surface area contributed by atoms with Gasteiger partial charge in [-0.2, -0.15) is 0 Å². The summed E-state index contributed by atoms with van der Waals surface area (Å²) in [5.41, 5.74) is 0.929. The predicted molar refractivity (Wildman–Crippen MR) is 69.8 cm³/mol. The van der Waals surface area contributed by atoms with Crippen LogP contribution in [-0.4, -0.2) is 40.3 Å². The summed E-state index contributed by atoms with van der Waals surface area (Å²) >= 11 is 0. The van der Waals surface area contributed by atoms with Crippen LogP contribution in [0.2, 0.25) is 0 Å². The third-order valence-corrected chi connectivity index (χ3v) is 3.24. The second-order valence-electron chi connectivity index (χ2n) is 4.93. The average Bonchev–Trinajstić information content (AvgIpc) is 2.33. The second kappa shape index (κ2) is 5.93. The molecular formula is C14H19NO4. The van der Waals surface area contributed by atoms with Crippen LogP contribution in [0.4, 0.5) is 0 Å². The van der Waals surface area contributed by atoms with Crippen LogP contribution in [0.1, 0.15) is 25.3 Å². The van der Waals surface area contributed by atoms with E-state index in [9.17, 15) is 15.0 Å². The molecule has 0 aromatic heterocycles. The van der Waals surface area contributed by atoms with Gasteiger partial charge in [0.1, 0.15) is 6.10 Å². The van der Waals surface area contributed by atoms with Crippen molar-refractivity contribution in [3.05, 3.63) is 23.8 Å². The fourth-order valence-corrected chi connectivity index (χ4v) is 2.41. The van der Waals surface area contributed by atoms with Crippen LogP contribution < -0.4 is 0 Å². The Labute approximate surface area is 112 Å². The molecule has 1 saturated heterocycles. The van der Waals surface area contributed by atoms with Crippen molar-refractivity contribution in [1.29, 1.82) is 0 Å². The first-order valence-corrected chi connectivity index (χ1v) is 6.45. The highest BCUT2D eigenvalue weighted by atomic mass is 16.5. The first kappa shape index (κ1) is 13.7. The van der Waals surface area contributed by atoms with Crippen LogP contribution >= 0.6 is 0 Å². The number of nitrogens with zero attached hydrogens (tertiary/aromatic N) is 1. The van der Waals surface area contributed by atoms with Gasteiger partial charge in [-0.3, -0.25) is 9.69 Å². The molecule has 1 atom stereocenters. The highest BCUT2D eigenvalue weighted by molar-refractivity contribution is 5.66. The molecule has 0 bridgehead atoms. The standard InChI is InChI=1S/C14H19NO4/c1-10(16)19-12-3-2-6-15(9-12)8-11-4-5-13(17)14(18)7-11/h4-5,7,12,17-18H,2-3,6,8-9H2,1H3. The number of phenolic OH excluding ortho intramolecular Hbond substituents is 2. The van der Waals surface area contributed by atoms with Crippen molar-refractivity contribution < 1.29 is 19.7 Å². The van der Waals surface area contributed by atoms with Gasteiger partial charge in [-0.1, -0.05) is 6.07 Å². The lowest BCUT2D eigenvalue weighted by atomic mass is 10.1. The Kier molecular flexibility index (Phi) is 4.27. The van der Waals surface area contributed by atoms with E-state index in [-0.39, 0.29) is 23.6 Å². The topological polar surface area (TPSA) is 70.0 Å². The lowest BCUT2D eigenvalue weighted by molar-refractivity contribution is -0.148. The summed E-state index contributed by atoms with van der Waals surface area (Å²) in [6.07, 6.45) is 1.84. The van der Waals surface area contributed by atoms with E-state index in [1.807, 2.05) is 0 Å². The normalized spacial score (nSPS) is 20.2. The molecule has 0 saturated carbocycles. The SMILES string of the molecule is CC(=O)OC1CCCN(Cc2ccc(O)c(O)c2)C1. The molecule has 0 amide bonds. The van der Waals surface area contributed by atoms with Gasteiger partial charge in [0.25, 0.3) is 0 Å². The minimum absolute atomic E-state index is 0.0445. The van der Waals surface area contributed by atoms with Crippen molar-refractivity contribution in [2.75, 3.05) is 13.1 Å². The van der Waals surface area contributed by atoms with Crippen molar-refractivity contribution in [2.24, 2.45) is 0 Å². The van der Waals surface area contributed by atoms with Gasteiger partial charge in [0.15, 0.2) is 11.5 Å². The van der Waals surface area contributed by atoms with Crippen molar-refractivity contribution in [2.45, 2.75) is 32.4 Å². The van der Waals surface area contributed by atoms with Crippen molar-refractivity contribution in [1.82, 2.24) is 4.90 Å². The maximum atomic E-state index is 11.0. The molecule has 0 spiro atoms. The van der Waals surface area contributed by atoms with Crippen LogP contribution in [-0.2, 0) is 16.1 Å². The molecule has 1 unspecified atom stereocenters. The summed E-state index contributed by atoms with van der Waals surface area (Å²) in [5, 5.41) is 18.7. The lowest BCUT2D eigenvalue weighted by Gasteiger charge is -2.32. The summed E-state index contributed by atoms with van der Waals surface area (Å²) in [5.74, 6) is -0.458. The monoisotopic (exact) mass is 265 g/mol. The number of rotatable bonds is 3. The van der Waals surface area contributed by atoms with E-state index in [2.05, 4.69) is 4.90 Å². The fourth-order valence-electron chi connectivity index (χ4n) is 2.41. The molecule has 104 valence electrons. The molecule has 2 N–H and O–H groups in total. The number of likely N-dealkylation sites (tertiary alicyclic amines) is 1. The number of esters is 1. The second-order valence-corrected chi connectivity index (χ2v) is 4.93. The molecule has 1 aliphatic rings. The molecule has 1 fully saturated rings. The van der Waals surface area contributed by atoms with E-state index >= 15 is 0 Å². The van der Waals surface area contributed by atoms with Gasteiger partial charge in [0.2, 0.25) is 0 Å². The molecule has 5 heteroatoms. The number of piperidine rings is 1. The summed E-state index contributed by atoms with van der Waals surface area (Å²) in [4.78, 5) is 13.1. The van der Waals surface area contributed by atoms with Crippen molar-refractivity contribution >= 4 is 5.97 Å². The van der Waals surface area contributed by atoms with Gasteiger partial charge < -0.3 is 14.9 Å². The van der Waals surface area contributed by atoms with Gasteiger partial charge in [-0.25, -0.2) is 0 Å². The number of ether oxygens (including phenoxy) is 1. The number of aromatic hydroxyl groups is 2. The molecule has 1 aromatic rings. The highest BCUT2D eigenvalue weighted by Crippen LogP contribution is 2.26. The van der Waals surface area contributed by atoms with E-state index in [0.29, 0.717) is 13.1 Å². The van der Waals surface area contributed by atoms with E-state index < -0.39 is 0 Å². The minimum atomic E-state index is -0.242. The first-order chi connectivity index (χ1) is 9.04. The van der Waals surface area contributed by atoms with E-state index in [1.54, 1.807) is 12.1 Å². The van der Waals surface area contributed by atoms with Crippen molar-refractivity contribution in [3.8, 4) is 11.5 Å². The molecule has 5 nitrogen and oxygen atoms in total. The fraction of sp³-hybridized carbons (Fsp3) is 0.500. The number of carbonyl (C=O) groups excluding carboxylic acids is 1. The maximum Gasteiger partial charge on any atom is 0.302 e. The van der Waals surface area contributed by atoms with E-state index in [1.165, 1.54) is 13.0 Å². The molecule has 1 heterocycles. The summed E-state index contributed by atoms with van der Waals surface area (Å²) in [6.45, 7) is 3.75. The zero-order valence-corrected chi connectivity index (χ0v) is 11.0. The van der Waals surface area contributed by atoms with Crippen LogP contribution in [0.5, 0.6) is 11.5 Å². The Hall–Kier alpha value is -1.75. The summed E-state index contributed by atoms with van der Waals surface area (Å²) in [7, 11) is 0. The molecule has 0 radical (unpaired) electrons. The van der Waals surface area contributed by atoms with Crippen molar-refractivity contribution in [3.63, 3.8) is 0 Å². The Morgan fingerprint density at radius 2 is 2.21 bits per heavy atom. The number of hydrogen-bond donors (Lipinski definition) is 2. The smallest absolute Gasteiger partial charge is 0.302 e. The minimum Gasteiger partial charge on any atom is -0.504 e. The third-order valence-electron chi connectivity index (χ3n) is 3.24. The van der Waals surface area contributed by atoms with Gasteiger partial charge in [-0.15, -0.1) is 0 Å². The number of carbonyl (C=O) groups is 1. The number of hydrogen-bond acceptors (Lipinski definition) is 5. The van der Waals surface area contributed by atoms with Crippen LogP contribution in [0.25, 0.3) is 0 Å². The molecule has 1 aromatic carbocycles. The quantitative estimate of drug-likeness (QED) is 0.642. The molecule has 1 aliphatic heterocycles. The zero-order valence-electron chi connectivity index (χ0n) is 11.0. The molecular weight excluding hydrogens is 246 g/mol. The Balaban J connectivity index is 1.94. The van der Waals surface area contributed by atoms with Gasteiger partial charge >= 0.3 is 5.97 Å². The lowest BCUT2D eigenvalue weighted by Crippen LogP contribution is -2.39. The zero-order chi connectivity index (χ0) is 13.8. The summed E-state index contributed by atoms with van der Waals surface area (Å²) < 4.78 is 5.23. The largest absolute Gasteiger partial charge is 0.504 e. The summed E-state index contributed by atoms with van der Waals surface area (Å²) in [6, 6.07) is 4.83. The van der Waals surface area contributed by atoms with Crippen LogP contribution in [0.3, 0.4) is 0 Å². The first-order valence-electron chi connectivity index (χ1n) is 6.45. The molecule has 2 rings (SSSR count). The predicted octanol–water partition coefficient (Wildman–Crippen LogP) is 1.63. The Bertz CT molecular complexity index is 461. The van der Waals surface area contributed by atoms with E-state index in [0.717, 1.165) is 24.9 Å². The molecule has 0 aliphatic carbocycles. The van der Waals surface area contributed by atoms with Gasteiger partial charge in [0.05, 0.1) is 0 Å². The van der Waals surface area contributed by atoms with E-state index in [4.69, 9.17) is 4.74 Å².